The summed E-state index contributed by atoms with van der Waals surface area (Å²) in [6.45, 7) is 29.8. The Labute approximate surface area is 433 Å². The van der Waals surface area contributed by atoms with Crippen molar-refractivity contribution in [2.45, 2.75) is 170 Å². The first-order valence-electron chi connectivity index (χ1n) is 28.1. The van der Waals surface area contributed by atoms with Crippen molar-refractivity contribution in [3.63, 3.8) is 0 Å². The third-order valence-corrected chi connectivity index (χ3v) is 10.4. The molecule has 0 saturated carbocycles. The van der Waals surface area contributed by atoms with Gasteiger partial charge in [-0.25, -0.2) is 29.3 Å². The van der Waals surface area contributed by atoms with Crippen molar-refractivity contribution in [2.75, 3.05) is 178 Å². The molecule has 0 spiro atoms. The summed E-state index contributed by atoms with van der Waals surface area (Å²) in [5.74, 6) is 0. The van der Waals surface area contributed by atoms with E-state index in [0.717, 1.165) is 89.9 Å². The molecule has 0 amide bonds. The molecular formula is C53H110N2O16. The summed E-state index contributed by atoms with van der Waals surface area (Å²) >= 11 is 0. The van der Waals surface area contributed by atoms with Crippen LogP contribution in [0.25, 0.3) is 0 Å². The third kappa shape index (κ3) is 49.9. The maximum Gasteiger partial charge on any atom is 0.132 e. The average molecular weight is 1030 g/mol. The van der Waals surface area contributed by atoms with Gasteiger partial charge < -0.3 is 47.4 Å². The fourth-order valence-electron chi connectivity index (χ4n) is 6.83. The van der Waals surface area contributed by atoms with Crippen molar-refractivity contribution in [1.29, 1.82) is 0 Å². The summed E-state index contributed by atoms with van der Waals surface area (Å²) in [6, 6.07) is 0. The second-order valence-electron chi connectivity index (χ2n) is 17.8. The Bertz CT molecular complexity index is 855. The minimum Gasteiger partial charge on any atom is -0.379 e. The minimum absolute atomic E-state index is 0.148. The highest BCUT2D eigenvalue weighted by Crippen LogP contribution is 2.12. The molecule has 4 unspecified atom stereocenters. The molecule has 0 heterocycles. The highest BCUT2D eigenvalue weighted by molar-refractivity contribution is 4.76. The van der Waals surface area contributed by atoms with Crippen molar-refractivity contribution in [2.24, 2.45) is 0 Å². The Balaban J connectivity index is 7.14. The summed E-state index contributed by atoms with van der Waals surface area (Å²) in [7, 11) is 0. The molecule has 4 atom stereocenters. The SMILES string of the molecule is CCCCCOOCC(CN(CC(COCCOCCC)OOCCCCC)CN(CC(COCCOCCC)OCCOCCC)CC(COCCOCCC)OCCOCCC)OOCCCCC. The molecular weight excluding hydrogens is 921 g/mol. The average Bonchev–Trinajstić information content (AvgIpc) is 3.37. The van der Waals surface area contributed by atoms with Crippen LogP contribution in [-0.4, -0.2) is 212 Å². The molecule has 0 aromatic carbocycles. The monoisotopic (exact) mass is 1030 g/mol. The molecule has 0 aliphatic heterocycles. The van der Waals surface area contributed by atoms with Crippen molar-refractivity contribution in [3.8, 4) is 0 Å². The van der Waals surface area contributed by atoms with E-state index in [0.29, 0.717) is 165 Å². The van der Waals surface area contributed by atoms with Gasteiger partial charge in [-0.1, -0.05) is 93.9 Å². The van der Waals surface area contributed by atoms with Gasteiger partial charge >= 0.3 is 0 Å². The van der Waals surface area contributed by atoms with Gasteiger partial charge in [0.25, 0.3) is 0 Å². The van der Waals surface area contributed by atoms with Gasteiger partial charge in [-0.15, -0.1) is 0 Å². The first-order valence-corrected chi connectivity index (χ1v) is 28.1. The molecule has 71 heavy (non-hydrogen) atoms. The Morgan fingerprint density at radius 2 is 0.563 bits per heavy atom. The zero-order valence-electron chi connectivity index (χ0n) is 46.7. The van der Waals surface area contributed by atoms with Crippen LogP contribution in [0.15, 0.2) is 0 Å². The quantitative estimate of drug-likeness (QED) is 0.0247. The van der Waals surface area contributed by atoms with Gasteiger partial charge in [0, 0.05) is 59.2 Å². The van der Waals surface area contributed by atoms with Crippen molar-refractivity contribution in [1.82, 2.24) is 9.80 Å². The highest BCUT2D eigenvalue weighted by Gasteiger charge is 2.28. The summed E-state index contributed by atoms with van der Waals surface area (Å²) in [5.41, 5.74) is 0. The van der Waals surface area contributed by atoms with Crippen molar-refractivity contribution in [3.05, 3.63) is 0 Å². The number of unbranched alkanes of at least 4 members (excludes halogenated alkanes) is 6. The van der Waals surface area contributed by atoms with E-state index in [1.165, 1.54) is 0 Å². The summed E-state index contributed by atoms with van der Waals surface area (Å²) in [6.07, 6.45) is 12.1. The standard InChI is InChI=1S/C53H110N2O16/c1-9-17-20-28-66-69-48-53(71-68-30-22-19-11-3)44-55(43-52(70-67-29-21-18-10-2)47-63-36-33-58-25-14-6)49-54(41-50(64-39-37-59-26-15-7)45-61-34-31-56-23-12-4)42-51(65-40-38-60-27-16-8)46-62-35-32-57-24-13-5/h50-53H,9-49H2,1-8H3. The lowest BCUT2D eigenvalue weighted by Gasteiger charge is -2.37. The molecule has 0 aromatic heterocycles. The largest absolute Gasteiger partial charge is 0.379 e. The van der Waals surface area contributed by atoms with Crippen LogP contribution in [0.3, 0.4) is 0 Å². The van der Waals surface area contributed by atoms with E-state index < -0.39 is 12.2 Å². The van der Waals surface area contributed by atoms with Crippen LogP contribution in [0.4, 0.5) is 0 Å². The smallest absolute Gasteiger partial charge is 0.132 e. The molecule has 18 heteroatoms. The fraction of sp³-hybridized carbons (Fsp3) is 1.00. The molecule has 0 fully saturated rings. The number of ether oxygens (including phenoxy) is 10. The van der Waals surface area contributed by atoms with E-state index in [-0.39, 0.29) is 25.4 Å². The van der Waals surface area contributed by atoms with Crippen LogP contribution in [-0.2, 0) is 76.7 Å². The Morgan fingerprint density at radius 3 is 0.930 bits per heavy atom. The van der Waals surface area contributed by atoms with Crippen molar-refractivity contribution >= 4 is 0 Å². The molecule has 0 bridgehead atoms. The second-order valence-corrected chi connectivity index (χ2v) is 17.8. The topological polar surface area (TPSA) is 154 Å². The van der Waals surface area contributed by atoms with Crippen LogP contribution in [0.5, 0.6) is 0 Å². The Morgan fingerprint density at radius 1 is 0.254 bits per heavy atom. The van der Waals surface area contributed by atoms with E-state index in [4.69, 9.17) is 76.7 Å². The Hall–Kier alpha value is -0.720. The van der Waals surface area contributed by atoms with Crippen LogP contribution in [0.2, 0.25) is 0 Å². The predicted octanol–water partition coefficient (Wildman–Crippen LogP) is 8.65. The molecule has 0 radical (unpaired) electrons. The van der Waals surface area contributed by atoms with E-state index in [9.17, 15) is 0 Å². The van der Waals surface area contributed by atoms with Gasteiger partial charge in [-0.2, -0.15) is 0 Å². The van der Waals surface area contributed by atoms with Gasteiger partial charge in [0.15, 0.2) is 0 Å². The normalized spacial score (nSPS) is 13.8. The van der Waals surface area contributed by atoms with Gasteiger partial charge in [0.05, 0.1) is 125 Å². The molecule has 0 aromatic rings. The lowest BCUT2D eigenvalue weighted by atomic mass is 10.2. The predicted molar refractivity (Wildman–Crippen MR) is 278 cm³/mol. The van der Waals surface area contributed by atoms with E-state index in [1.54, 1.807) is 0 Å². The highest BCUT2D eigenvalue weighted by atomic mass is 17.2. The van der Waals surface area contributed by atoms with Crippen LogP contribution in [0, 0.1) is 0 Å². The van der Waals surface area contributed by atoms with Crippen LogP contribution < -0.4 is 0 Å². The first-order chi connectivity index (χ1) is 35.0. The molecule has 428 valence electrons. The van der Waals surface area contributed by atoms with Crippen molar-refractivity contribution < 1.29 is 76.7 Å². The van der Waals surface area contributed by atoms with E-state index in [1.807, 2.05) is 0 Å². The van der Waals surface area contributed by atoms with Gasteiger partial charge in [0.2, 0.25) is 0 Å². The van der Waals surface area contributed by atoms with Gasteiger partial charge in [-0.3, -0.25) is 9.80 Å². The van der Waals surface area contributed by atoms with E-state index >= 15 is 0 Å². The van der Waals surface area contributed by atoms with Crippen LogP contribution in [0.1, 0.15) is 145 Å². The van der Waals surface area contributed by atoms with Gasteiger partial charge in [-0.05, 0) is 51.4 Å². The molecule has 18 nitrogen and oxygen atoms in total. The zero-order valence-corrected chi connectivity index (χ0v) is 46.7. The zero-order chi connectivity index (χ0) is 51.8. The third-order valence-electron chi connectivity index (χ3n) is 10.4. The summed E-state index contributed by atoms with van der Waals surface area (Å²) in [5, 5.41) is 0. The minimum atomic E-state index is -0.525. The molecule has 0 saturated heterocycles. The number of hydrogen-bond donors (Lipinski definition) is 0. The Kier molecular flexibility index (Phi) is 57.9. The second kappa shape index (κ2) is 58.5. The summed E-state index contributed by atoms with van der Waals surface area (Å²) in [4.78, 5) is 40.2. The summed E-state index contributed by atoms with van der Waals surface area (Å²) < 4.78 is 60.7. The molecule has 0 rings (SSSR count). The lowest BCUT2D eigenvalue weighted by molar-refractivity contribution is -0.369. The maximum absolute atomic E-state index is 6.57. The lowest BCUT2D eigenvalue weighted by Crippen LogP contribution is -2.52. The van der Waals surface area contributed by atoms with Crippen LogP contribution >= 0.6 is 0 Å². The van der Waals surface area contributed by atoms with Gasteiger partial charge in [0.1, 0.15) is 18.8 Å². The molecule has 0 aliphatic carbocycles. The van der Waals surface area contributed by atoms with E-state index in [2.05, 4.69) is 65.2 Å². The maximum atomic E-state index is 6.57. The molecule has 0 N–H and O–H groups in total. The molecule has 0 aliphatic rings. The number of hydrogen-bond acceptors (Lipinski definition) is 18. The fourth-order valence-corrected chi connectivity index (χ4v) is 6.83. The first kappa shape index (κ1) is 70.3. The number of nitrogens with zero attached hydrogens (tertiary/aromatic N) is 2. The number of rotatable bonds is 62.